The van der Waals surface area contributed by atoms with Crippen molar-refractivity contribution in [2.24, 2.45) is 0 Å². The van der Waals surface area contributed by atoms with E-state index in [1.54, 1.807) is 0 Å². The van der Waals surface area contributed by atoms with Crippen molar-refractivity contribution < 1.29 is 8.78 Å². The molecule has 0 heterocycles. The van der Waals surface area contributed by atoms with Gasteiger partial charge < -0.3 is 5.32 Å². The van der Waals surface area contributed by atoms with E-state index in [9.17, 15) is 8.78 Å². The predicted octanol–water partition coefficient (Wildman–Crippen LogP) is 2.98. The lowest BCUT2D eigenvalue weighted by atomic mass is 10.1. The van der Waals surface area contributed by atoms with Gasteiger partial charge in [0.2, 0.25) is 0 Å². The standard InChI is InChI=1S/C10H13F2N/c1-7-3-8(2)5-9(4-7)13-6-10(11)12/h3-5,10,13H,6H2,1-2H3. The molecule has 0 spiro atoms. The molecule has 0 saturated carbocycles. The van der Waals surface area contributed by atoms with Crippen molar-refractivity contribution in [1.29, 1.82) is 0 Å². The maximum Gasteiger partial charge on any atom is 0.255 e. The van der Waals surface area contributed by atoms with Crippen molar-refractivity contribution in [3.05, 3.63) is 29.3 Å². The number of halogens is 2. The molecular formula is C10H13F2N. The van der Waals surface area contributed by atoms with E-state index in [1.807, 2.05) is 32.0 Å². The number of rotatable bonds is 3. The molecule has 1 N–H and O–H groups in total. The number of aryl methyl sites for hydroxylation is 2. The quantitative estimate of drug-likeness (QED) is 0.763. The molecule has 72 valence electrons. The van der Waals surface area contributed by atoms with Gasteiger partial charge in [-0.2, -0.15) is 0 Å². The Bertz CT molecular complexity index is 264. The van der Waals surface area contributed by atoms with Crippen LogP contribution in [0.4, 0.5) is 14.5 Å². The third-order valence-electron chi connectivity index (χ3n) is 1.68. The zero-order valence-corrected chi connectivity index (χ0v) is 7.77. The number of hydrogen-bond acceptors (Lipinski definition) is 1. The fourth-order valence-electron chi connectivity index (χ4n) is 1.27. The first-order valence-electron chi connectivity index (χ1n) is 4.18. The lowest BCUT2D eigenvalue weighted by molar-refractivity contribution is 0.163. The van der Waals surface area contributed by atoms with Crippen LogP contribution in [0, 0.1) is 13.8 Å². The van der Waals surface area contributed by atoms with Crippen LogP contribution in [-0.4, -0.2) is 13.0 Å². The van der Waals surface area contributed by atoms with Crippen LogP contribution in [0.5, 0.6) is 0 Å². The van der Waals surface area contributed by atoms with Crippen LogP contribution in [-0.2, 0) is 0 Å². The number of alkyl halides is 2. The summed E-state index contributed by atoms with van der Waals surface area (Å²) < 4.78 is 23.7. The van der Waals surface area contributed by atoms with E-state index < -0.39 is 6.43 Å². The molecule has 0 unspecified atom stereocenters. The normalized spacial score (nSPS) is 10.5. The van der Waals surface area contributed by atoms with Crippen molar-refractivity contribution >= 4 is 5.69 Å². The predicted molar refractivity (Wildman–Crippen MR) is 50.4 cm³/mol. The van der Waals surface area contributed by atoms with Crippen molar-refractivity contribution in [2.75, 3.05) is 11.9 Å². The molecule has 3 heteroatoms. The topological polar surface area (TPSA) is 12.0 Å². The molecule has 0 fully saturated rings. The smallest absolute Gasteiger partial charge is 0.255 e. The largest absolute Gasteiger partial charge is 0.379 e. The molecule has 0 aliphatic heterocycles. The second-order valence-electron chi connectivity index (χ2n) is 3.15. The first-order valence-corrected chi connectivity index (χ1v) is 4.18. The van der Waals surface area contributed by atoms with Crippen molar-refractivity contribution in [3.8, 4) is 0 Å². The van der Waals surface area contributed by atoms with Crippen molar-refractivity contribution in [2.45, 2.75) is 20.3 Å². The monoisotopic (exact) mass is 185 g/mol. The number of benzene rings is 1. The molecule has 0 aromatic heterocycles. The van der Waals surface area contributed by atoms with Gasteiger partial charge in [0.25, 0.3) is 6.43 Å². The molecule has 0 amide bonds. The highest BCUT2D eigenvalue weighted by Crippen LogP contribution is 2.13. The fraction of sp³-hybridized carbons (Fsp3) is 0.400. The van der Waals surface area contributed by atoms with Gasteiger partial charge in [-0.15, -0.1) is 0 Å². The van der Waals surface area contributed by atoms with Gasteiger partial charge in [0, 0.05) is 5.69 Å². The molecule has 0 radical (unpaired) electrons. The molecule has 1 rings (SSSR count). The molecule has 0 aliphatic carbocycles. The summed E-state index contributed by atoms with van der Waals surface area (Å²) in [6.07, 6.45) is -2.30. The van der Waals surface area contributed by atoms with Gasteiger partial charge >= 0.3 is 0 Å². The van der Waals surface area contributed by atoms with E-state index in [2.05, 4.69) is 5.32 Å². The molecule has 1 aromatic carbocycles. The summed E-state index contributed by atoms with van der Waals surface area (Å²) in [6.45, 7) is 3.60. The van der Waals surface area contributed by atoms with Gasteiger partial charge in [-0.25, -0.2) is 8.78 Å². The number of nitrogens with one attached hydrogen (secondary N) is 1. The Morgan fingerprint density at radius 1 is 1.15 bits per heavy atom. The summed E-state index contributed by atoms with van der Waals surface area (Å²) in [7, 11) is 0. The van der Waals surface area contributed by atoms with Crippen molar-refractivity contribution in [1.82, 2.24) is 0 Å². The Hall–Kier alpha value is -1.12. The molecular weight excluding hydrogens is 172 g/mol. The van der Waals surface area contributed by atoms with E-state index in [0.717, 1.165) is 16.8 Å². The summed E-state index contributed by atoms with van der Waals surface area (Å²) in [4.78, 5) is 0. The van der Waals surface area contributed by atoms with Gasteiger partial charge in [-0.05, 0) is 37.1 Å². The van der Waals surface area contributed by atoms with Crippen LogP contribution < -0.4 is 5.32 Å². The zero-order valence-electron chi connectivity index (χ0n) is 7.77. The Morgan fingerprint density at radius 3 is 2.15 bits per heavy atom. The maximum atomic E-state index is 11.9. The van der Waals surface area contributed by atoms with Gasteiger partial charge in [0.15, 0.2) is 0 Å². The zero-order chi connectivity index (χ0) is 9.84. The van der Waals surface area contributed by atoms with Gasteiger partial charge in [-0.1, -0.05) is 6.07 Å². The van der Waals surface area contributed by atoms with Gasteiger partial charge in [0.1, 0.15) is 0 Å². The molecule has 1 nitrogen and oxygen atoms in total. The first-order chi connectivity index (χ1) is 6.08. The van der Waals surface area contributed by atoms with Crippen LogP contribution in [0.3, 0.4) is 0 Å². The van der Waals surface area contributed by atoms with Crippen LogP contribution >= 0.6 is 0 Å². The summed E-state index contributed by atoms with van der Waals surface area (Å²) in [5.74, 6) is 0. The summed E-state index contributed by atoms with van der Waals surface area (Å²) in [5, 5.41) is 2.68. The minimum atomic E-state index is -2.30. The third kappa shape index (κ3) is 3.40. The van der Waals surface area contributed by atoms with Crippen LogP contribution in [0.25, 0.3) is 0 Å². The molecule has 13 heavy (non-hydrogen) atoms. The average molecular weight is 185 g/mol. The van der Waals surface area contributed by atoms with E-state index in [-0.39, 0.29) is 6.54 Å². The summed E-state index contributed by atoms with van der Waals surface area (Å²) in [6, 6.07) is 5.72. The minimum Gasteiger partial charge on any atom is -0.379 e. The highest BCUT2D eigenvalue weighted by Gasteiger charge is 2.01. The average Bonchev–Trinajstić information content (AvgIpc) is 1.99. The Labute approximate surface area is 76.8 Å². The van der Waals surface area contributed by atoms with E-state index in [4.69, 9.17) is 0 Å². The fourth-order valence-corrected chi connectivity index (χ4v) is 1.27. The van der Waals surface area contributed by atoms with Crippen LogP contribution in [0.2, 0.25) is 0 Å². The summed E-state index contributed by atoms with van der Waals surface area (Å²) in [5.41, 5.74) is 2.92. The Balaban J connectivity index is 2.66. The van der Waals surface area contributed by atoms with E-state index in [0.29, 0.717) is 0 Å². The Kier molecular flexibility index (Phi) is 3.23. The Morgan fingerprint density at radius 2 is 1.69 bits per heavy atom. The first kappa shape index (κ1) is 9.96. The highest BCUT2D eigenvalue weighted by molar-refractivity contribution is 5.48. The van der Waals surface area contributed by atoms with Gasteiger partial charge in [-0.3, -0.25) is 0 Å². The number of hydrogen-bond donors (Lipinski definition) is 1. The highest BCUT2D eigenvalue weighted by atomic mass is 19.3. The van der Waals surface area contributed by atoms with Crippen molar-refractivity contribution in [3.63, 3.8) is 0 Å². The third-order valence-corrected chi connectivity index (χ3v) is 1.68. The maximum absolute atomic E-state index is 11.9. The summed E-state index contributed by atoms with van der Waals surface area (Å²) >= 11 is 0. The number of anilines is 1. The van der Waals surface area contributed by atoms with Crippen LogP contribution in [0.1, 0.15) is 11.1 Å². The SMILES string of the molecule is Cc1cc(C)cc(NCC(F)F)c1. The second kappa shape index (κ2) is 4.21. The molecule has 0 saturated heterocycles. The molecule has 0 bridgehead atoms. The lowest BCUT2D eigenvalue weighted by Gasteiger charge is -2.07. The van der Waals surface area contributed by atoms with Gasteiger partial charge in [0.05, 0.1) is 6.54 Å². The van der Waals surface area contributed by atoms with E-state index in [1.165, 1.54) is 0 Å². The lowest BCUT2D eigenvalue weighted by Crippen LogP contribution is -2.10. The molecule has 0 atom stereocenters. The van der Waals surface area contributed by atoms with Crippen LogP contribution in [0.15, 0.2) is 18.2 Å². The second-order valence-corrected chi connectivity index (χ2v) is 3.15. The minimum absolute atomic E-state index is 0.289. The molecule has 0 aliphatic rings. The molecule has 1 aromatic rings. The van der Waals surface area contributed by atoms with E-state index >= 15 is 0 Å².